The third-order valence-corrected chi connectivity index (χ3v) is 7.33. The molecule has 0 radical (unpaired) electrons. The molecule has 13 nitrogen and oxygen atoms in total. The molecule has 0 fully saturated rings. The van der Waals surface area contributed by atoms with E-state index in [0.717, 1.165) is 25.7 Å². The minimum Gasteiger partial charge on any atom is -0.465 e. The molecule has 2 heterocycles. The first-order chi connectivity index (χ1) is 17.2. The number of carbonyl (C=O) groups is 2. The van der Waals surface area contributed by atoms with E-state index in [4.69, 9.17) is 19.9 Å². The molecule has 0 amide bonds. The van der Waals surface area contributed by atoms with Crippen LogP contribution in [0.3, 0.4) is 0 Å². The van der Waals surface area contributed by atoms with Gasteiger partial charge < -0.3 is 24.5 Å². The molecule has 2 aromatic heterocycles. The summed E-state index contributed by atoms with van der Waals surface area (Å²) in [6.45, 7) is 8.15. The lowest BCUT2D eigenvalue weighted by molar-refractivity contribution is -0.145. The van der Waals surface area contributed by atoms with Crippen molar-refractivity contribution in [2.45, 2.75) is 72.0 Å². The molecule has 0 aliphatic rings. The molecule has 0 saturated carbocycles. The Morgan fingerprint density at radius 3 is 2.14 bits per heavy atom. The Balaban J connectivity index is 2.01. The minimum atomic E-state index is -3.57. The molecular formula is C22H38N7O6P. The summed E-state index contributed by atoms with van der Waals surface area (Å²) in [7, 11) is -3.57. The lowest BCUT2D eigenvalue weighted by Gasteiger charge is -2.26. The summed E-state index contributed by atoms with van der Waals surface area (Å²) in [5, 5.41) is 5.57. The molecule has 2 rings (SSSR count). The monoisotopic (exact) mass is 527 g/mol. The average molecular weight is 528 g/mol. The van der Waals surface area contributed by atoms with E-state index in [1.54, 1.807) is 24.7 Å². The zero-order valence-electron chi connectivity index (χ0n) is 21.4. The molecule has 36 heavy (non-hydrogen) atoms. The van der Waals surface area contributed by atoms with Crippen molar-refractivity contribution < 1.29 is 28.4 Å². The van der Waals surface area contributed by atoms with E-state index in [9.17, 15) is 14.2 Å². The number of aromatic nitrogens is 4. The minimum absolute atomic E-state index is 0.160. The van der Waals surface area contributed by atoms with Crippen LogP contribution < -0.4 is 15.9 Å². The van der Waals surface area contributed by atoms with Crippen LogP contribution in [-0.4, -0.2) is 69.7 Å². The number of anilines is 1. The van der Waals surface area contributed by atoms with Crippen molar-refractivity contribution in [3.05, 3.63) is 12.7 Å². The van der Waals surface area contributed by atoms with Gasteiger partial charge in [0.15, 0.2) is 11.5 Å². The van der Waals surface area contributed by atoms with Gasteiger partial charge in [-0.05, 0) is 26.7 Å². The molecule has 2 aromatic rings. The molecule has 0 aliphatic heterocycles. The quantitative estimate of drug-likeness (QED) is 0.156. The van der Waals surface area contributed by atoms with Crippen LogP contribution in [0.1, 0.15) is 53.4 Å². The summed E-state index contributed by atoms with van der Waals surface area (Å²) in [5.74, 6) is -0.797. The molecule has 2 atom stereocenters. The first kappa shape index (κ1) is 29.6. The maximum atomic E-state index is 13.7. The van der Waals surface area contributed by atoms with Crippen molar-refractivity contribution in [3.8, 4) is 0 Å². The van der Waals surface area contributed by atoms with E-state index in [1.165, 1.54) is 6.33 Å². The summed E-state index contributed by atoms with van der Waals surface area (Å²) in [6, 6.07) is -1.77. The van der Waals surface area contributed by atoms with E-state index < -0.39 is 31.5 Å². The molecule has 0 bridgehead atoms. The van der Waals surface area contributed by atoms with Crippen LogP contribution in [0, 0.1) is 0 Å². The third-order valence-electron chi connectivity index (χ3n) is 5.18. The number of nitrogens with zero attached hydrogens (tertiary/aromatic N) is 4. The van der Waals surface area contributed by atoms with Crippen molar-refractivity contribution in [1.82, 2.24) is 29.7 Å². The Kier molecular flexibility index (Phi) is 12.2. The molecule has 14 heteroatoms. The Labute approximate surface area is 211 Å². The van der Waals surface area contributed by atoms with E-state index in [-0.39, 0.29) is 32.0 Å². The highest BCUT2D eigenvalue weighted by Gasteiger charge is 2.32. The number of rotatable bonds is 17. The van der Waals surface area contributed by atoms with Gasteiger partial charge in [0.2, 0.25) is 7.44 Å². The van der Waals surface area contributed by atoms with Gasteiger partial charge in [0.05, 0.1) is 26.1 Å². The lowest BCUT2D eigenvalue weighted by Crippen LogP contribution is -2.43. The normalized spacial score (nSPS) is 13.4. The first-order valence-corrected chi connectivity index (χ1v) is 14.1. The van der Waals surface area contributed by atoms with Crippen LogP contribution in [-0.2, 0) is 34.9 Å². The topological polar surface area (TPSA) is 173 Å². The number of ether oxygens (including phenoxy) is 3. The highest BCUT2D eigenvalue weighted by molar-refractivity contribution is 7.59. The molecule has 0 unspecified atom stereocenters. The predicted molar refractivity (Wildman–Crippen MR) is 135 cm³/mol. The van der Waals surface area contributed by atoms with Gasteiger partial charge in [-0.1, -0.05) is 26.7 Å². The van der Waals surface area contributed by atoms with Crippen LogP contribution in [0.4, 0.5) is 5.82 Å². The Morgan fingerprint density at radius 2 is 1.58 bits per heavy atom. The number of esters is 2. The summed E-state index contributed by atoms with van der Waals surface area (Å²) in [4.78, 5) is 36.9. The van der Waals surface area contributed by atoms with Gasteiger partial charge in [-0.25, -0.2) is 25.1 Å². The maximum Gasteiger partial charge on any atom is 0.323 e. The molecule has 0 aromatic carbocycles. The number of nitrogens with one attached hydrogen (secondary N) is 2. The summed E-state index contributed by atoms with van der Waals surface area (Å²) < 4.78 is 31.6. The van der Waals surface area contributed by atoms with E-state index in [2.05, 4.69) is 25.1 Å². The van der Waals surface area contributed by atoms with Gasteiger partial charge >= 0.3 is 11.9 Å². The molecule has 4 N–H and O–H groups in total. The van der Waals surface area contributed by atoms with Crippen LogP contribution in [0.25, 0.3) is 11.2 Å². The summed E-state index contributed by atoms with van der Waals surface area (Å²) in [6.07, 6.45) is 5.86. The number of nitrogen functional groups attached to an aromatic ring is 1. The van der Waals surface area contributed by atoms with Crippen molar-refractivity contribution in [3.63, 3.8) is 0 Å². The van der Waals surface area contributed by atoms with Crippen molar-refractivity contribution in [1.29, 1.82) is 0 Å². The number of carbonyl (C=O) groups excluding carboxylic acids is 2. The third kappa shape index (κ3) is 9.12. The number of unbranched alkanes of at least 4 members (excludes halogenated alkanes) is 2. The number of hydrogen-bond donors (Lipinski definition) is 3. The number of imidazole rings is 1. The standard InChI is InChI=1S/C22H38N7O6P/c1-5-7-10-34-21(30)16(3)27-36(32,28-17(4)22(31)35-11-8-6-2)15-33-12-9-29-14-26-18-19(23)24-13-25-20(18)29/h13-14,16-17H,5-12,15H2,1-4H3,(H2,23,24,25)(H2,27,28,32)/t16-,17-/m0/s1. The maximum absolute atomic E-state index is 13.7. The number of fused-ring (bicyclic) bond motifs is 1. The molecule has 0 spiro atoms. The van der Waals surface area contributed by atoms with Crippen LogP contribution in [0.5, 0.6) is 0 Å². The predicted octanol–water partition coefficient (Wildman–Crippen LogP) is 2.22. The zero-order chi connectivity index (χ0) is 26.6. The fourth-order valence-electron chi connectivity index (χ4n) is 3.15. The largest absolute Gasteiger partial charge is 0.465 e. The van der Waals surface area contributed by atoms with Gasteiger partial charge in [0, 0.05) is 6.54 Å². The van der Waals surface area contributed by atoms with Gasteiger partial charge in [-0.15, -0.1) is 0 Å². The van der Waals surface area contributed by atoms with E-state index in [1.807, 2.05) is 13.8 Å². The van der Waals surface area contributed by atoms with Crippen LogP contribution in [0.15, 0.2) is 12.7 Å². The van der Waals surface area contributed by atoms with Gasteiger partial charge in [-0.2, -0.15) is 0 Å². The number of nitrogens with two attached hydrogens (primary N) is 1. The van der Waals surface area contributed by atoms with Crippen LogP contribution in [0.2, 0.25) is 0 Å². The van der Waals surface area contributed by atoms with Crippen LogP contribution >= 0.6 is 7.44 Å². The molecule has 202 valence electrons. The zero-order valence-corrected chi connectivity index (χ0v) is 22.3. The first-order valence-electron chi connectivity index (χ1n) is 12.2. The fraction of sp³-hybridized carbons (Fsp3) is 0.682. The van der Waals surface area contributed by atoms with E-state index in [0.29, 0.717) is 17.7 Å². The van der Waals surface area contributed by atoms with Gasteiger partial charge in [0.1, 0.15) is 30.3 Å². The highest BCUT2D eigenvalue weighted by Crippen LogP contribution is 2.37. The second kappa shape index (κ2) is 14.8. The fourth-order valence-corrected chi connectivity index (χ4v) is 5.22. The summed E-state index contributed by atoms with van der Waals surface area (Å²) in [5.41, 5.74) is 6.85. The van der Waals surface area contributed by atoms with Crippen molar-refractivity contribution >= 4 is 36.4 Å². The van der Waals surface area contributed by atoms with E-state index >= 15 is 0 Å². The second-order valence-corrected chi connectivity index (χ2v) is 10.6. The lowest BCUT2D eigenvalue weighted by atomic mass is 10.3. The Morgan fingerprint density at radius 1 is 1.00 bits per heavy atom. The second-order valence-electron chi connectivity index (χ2n) is 8.39. The Bertz CT molecular complexity index is 999. The summed E-state index contributed by atoms with van der Waals surface area (Å²) >= 11 is 0. The molecule has 0 saturated heterocycles. The smallest absolute Gasteiger partial charge is 0.323 e. The van der Waals surface area contributed by atoms with Gasteiger partial charge in [-0.3, -0.25) is 14.2 Å². The van der Waals surface area contributed by atoms with Crippen molar-refractivity contribution in [2.75, 3.05) is 31.9 Å². The SMILES string of the molecule is CCCCOC(=O)[C@H](C)NP(=O)(COCCn1cnc2c(N)ncnc21)N[C@@H](C)C(=O)OCCCC. The highest BCUT2D eigenvalue weighted by atomic mass is 31.2. The Hall–Kier alpha value is -2.60. The molecular weight excluding hydrogens is 489 g/mol. The molecule has 0 aliphatic carbocycles. The number of hydrogen-bond acceptors (Lipinski definition) is 10. The van der Waals surface area contributed by atoms with Gasteiger partial charge in [0.25, 0.3) is 0 Å². The average Bonchev–Trinajstić information content (AvgIpc) is 3.26. The van der Waals surface area contributed by atoms with Crippen molar-refractivity contribution in [2.24, 2.45) is 0 Å².